The number of fused-ring (bicyclic) bond motifs is 2. The van der Waals surface area contributed by atoms with Crippen molar-refractivity contribution in [2.45, 2.75) is 0 Å². The summed E-state index contributed by atoms with van der Waals surface area (Å²) in [5, 5.41) is 6.95. The van der Waals surface area contributed by atoms with E-state index in [-0.39, 0.29) is 0 Å². The van der Waals surface area contributed by atoms with Gasteiger partial charge in [0.25, 0.3) is 0 Å². The lowest BCUT2D eigenvalue weighted by molar-refractivity contribution is 1.41. The van der Waals surface area contributed by atoms with Crippen LogP contribution in [-0.2, 0) is 0 Å². The summed E-state index contributed by atoms with van der Waals surface area (Å²) in [6.07, 6.45) is 5.95. The van der Waals surface area contributed by atoms with Gasteiger partial charge >= 0.3 is 0 Å². The highest BCUT2D eigenvalue weighted by molar-refractivity contribution is 6.14. The molecule has 0 saturated heterocycles. The normalized spacial score (nSPS) is 12.9. The highest BCUT2D eigenvalue weighted by Crippen LogP contribution is 2.35. The molecule has 0 unspecified atom stereocenters. The van der Waals surface area contributed by atoms with E-state index < -0.39 is 0 Å². The molecule has 2 nitrogen and oxygen atoms in total. The average molecular weight is 218 g/mol. The first-order chi connectivity index (χ1) is 8.43. The van der Waals surface area contributed by atoms with E-state index in [0.29, 0.717) is 0 Å². The Kier molecular flexibility index (Phi) is 1.59. The van der Waals surface area contributed by atoms with Crippen LogP contribution in [0, 0.1) is 0 Å². The van der Waals surface area contributed by atoms with Crippen molar-refractivity contribution >= 4 is 33.4 Å². The maximum Gasteiger partial charge on any atom is 0.0807 e. The minimum atomic E-state index is 1.08. The first-order valence-corrected chi connectivity index (χ1v) is 5.67. The number of aromatic nitrogens is 1. The number of rotatable bonds is 0. The van der Waals surface area contributed by atoms with E-state index in [0.717, 1.165) is 11.2 Å². The van der Waals surface area contributed by atoms with Crippen LogP contribution < -0.4 is 5.32 Å². The summed E-state index contributed by atoms with van der Waals surface area (Å²) in [7, 11) is 0. The minimum Gasteiger partial charge on any atom is -0.361 e. The third-order valence-corrected chi connectivity index (χ3v) is 3.27. The van der Waals surface area contributed by atoms with E-state index in [1.807, 2.05) is 12.4 Å². The molecule has 3 aromatic rings. The van der Waals surface area contributed by atoms with Crippen molar-refractivity contribution < 1.29 is 0 Å². The van der Waals surface area contributed by atoms with E-state index in [1.54, 1.807) is 0 Å². The van der Waals surface area contributed by atoms with Gasteiger partial charge in [-0.15, -0.1) is 0 Å². The van der Waals surface area contributed by atoms with Gasteiger partial charge in [0, 0.05) is 28.9 Å². The first kappa shape index (κ1) is 8.76. The van der Waals surface area contributed by atoms with Crippen LogP contribution in [0.15, 0.2) is 48.8 Å². The number of nitrogens with zero attached hydrogens (tertiary/aromatic N) is 1. The molecule has 1 aliphatic rings. The van der Waals surface area contributed by atoms with Crippen molar-refractivity contribution in [3.8, 4) is 0 Å². The lowest BCUT2D eigenvalue weighted by atomic mass is 9.99. The van der Waals surface area contributed by atoms with Gasteiger partial charge in [0.05, 0.1) is 5.52 Å². The minimum absolute atomic E-state index is 1.08. The lowest BCUT2D eigenvalue weighted by Crippen LogP contribution is -1.97. The summed E-state index contributed by atoms with van der Waals surface area (Å²) in [6, 6.07) is 12.6. The molecular weight excluding hydrogens is 208 g/mol. The Balaban J connectivity index is 2.34. The van der Waals surface area contributed by atoms with Gasteiger partial charge in [0.1, 0.15) is 0 Å². The topological polar surface area (TPSA) is 24.9 Å². The zero-order chi connectivity index (χ0) is 11.2. The second-order valence-electron chi connectivity index (χ2n) is 4.25. The first-order valence-electron chi connectivity index (χ1n) is 5.67. The molecule has 0 amide bonds. The molecular formula is C15H10N2. The summed E-state index contributed by atoms with van der Waals surface area (Å²) in [4.78, 5) is 4.54. The molecule has 1 aromatic heterocycles. The summed E-state index contributed by atoms with van der Waals surface area (Å²) >= 11 is 0. The van der Waals surface area contributed by atoms with Crippen LogP contribution in [0.3, 0.4) is 0 Å². The van der Waals surface area contributed by atoms with Gasteiger partial charge in [-0.3, -0.25) is 4.98 Å². The van der Waals surface area contributed by atoms with Gasteiger partial charge in [-0.25, -0.2) is 0 Å². The third kappa shape index (κ3) is 1.12. The van der Waals surface area contributed by atoms with Crippen LogP contribution >= 0.6 is 0 Å². The summed E-state index contributed by atoms with van der Waals surface area (Å²) in [6.45, 7) is 0. The predicted octanol–water partition coefficient (Wildman–Crippen LogP) is 3.78. The zero-order valence-corrected chi connectivity index (χ0v) is 9.14. The molecule has 1 N–H and O–H groups in total. The van der Waals surface area contributed by atoms with E-state index in [1.165, 1.54) is 21.7 Å². The van der Waals surface area contributed by atoms with Crippen molar-refractivity contribution in [1.29, 1.82) is 0 Å². The molecule has 17 heavy (non-hydrogen) atoms. The third-order valence-electron chi connectivity index (χ3n) is 3.27. The van der Waals surface area contributed by atoms with Crippen molar-refractivity contribution in [3.63, 3.8) is 0 Å². The fraction of sp³-hybridized carbons (Fsp3) is 0. The molecule has 2 heterocycles. The molecule has 2 aromatic carbocycles. The Morgan fingerprint density at radius 3 is 3.00 bits per heavy atom. The molecule has 0 bridgehead atoms. The Bertz CT molecular complexity index is 772. The number of anilines is 1. The second kappa shape index (κ2) is 3.08. The smallest absolute Gasteiger partial charge is 0.0807 e. The van der Waals surface area contributed by atoms with Crippen molar-refractivity contribution in [2.24, 2.45) is 0 Å². The van der Waals surface area contributed by atoms with E-state index in [9.17, 15) is 0 Å². The van der Waals surface area contributed by atoms with Crippen molar-refractivity contribution in [2.75, 3.05) is 5.32 Å². The van der Waals surface area contributed by atoms with E-state index >= 15 is 0 Å². The lowest BCUT2D eigenvalue weighted by Gasteiger charge is -2.15. The Morgan fingerprint density at radius 1 is 1.06 bits per heavy atom. The van der Waals surface area contributed by atoms with Gasteiger partial charge in [0.15, 0.2) is 0 Å². The summed E-state index contributed by atoms with van der Waals surface area (Å²) < 4.78 is 0. The quantitative estimate of drug-likeness (QED) is 0.581. The van der Waals surface area contributed by atoms with Gasteiger partial charge in [-0.1, -0.05) is 24.3 Å². The fourth-order valence-corrected chi connectivity index (χ4v) is 2.50. The van der Waals surface area contributed by atoms with Gasteiger partial charge in [-0.2, -0.15) is 0 Å². The number of pyridine rings is 1. The summed E-state index contributed by atoms with van der Waals surface area (Å²) in [5.41, 5.74) is 3.45. The van der Waals surface area contributed by atoms with Crippen LogP contribution in [0.5, 0.6) is 0 Å². The molecule has 4 rings (SSSR count). The highest BCUT2D eigenvalue weighted by atomic mass is 14.9. The molecule has 80 valence electrons. The molecule has 0 spiro atoms. The van der Waals surface area contributed by atoms with Crippen LogP contribution in [0.25, 0.3) is 27.8 Å². The summed E-state index contributed by atoms with van der Waals surface area (Å²) in [5.74, 6) is 0. The van der Waals surface area contributed by atoms with Gasteiger partial charge < -0.3 is 5.32 Å². The number of hydrogen-bond donors (Lipinski definition) is 1. The van der Waals surface area contributed by atoms with E-state index in [4.69, 9.17) is 0 Å². The second-order valence-corrected chi connectivity index (χ2v) is 4.25. The number of nitrogens with one attached hydrogen (secondary N) is 1. The van der Waals surface area contributed by atoms with Crippen LogP contribution in [0.2, 0.25) is 0 Å². The molecule has 2 heteroatoms. The number of hydrogen-bond acceptors (Lipinski definition) is 2. The van der Waals surface area contributed by atoms with Crippen molar-refractivity contribution in [3.05, 3.63) is 54.4 Å². The zero-order valence-electron chi connectivity index (χ0n) is 9.14. The Labute approximate surface area is 98.6 Å². The maximum absolute atomic E-state index is 4.54. The SMILES string of the molecule is C1=Cc2ccnc3c2c(cc2ccccc23)N1. The monoisotopic (exact) mass is 218 g/mol. The molecule has 0 saturated carbocycles. The maximum atomic E-state index is 4.54. The van der Waals surface area contributed by atoms with Crippen LogP contribution in [0.1, 0.15) is 5.56 Å². The van der Waals surface area contributed by atoms with Crippen LogP contribution in [-0.4, -0.2) is 4.98 Å². The van der Waals surface area contributed by atoms with Crippen LogP contribution in [0.4, 0.5) is 5.69 Å². The molecule has 0 radical (unpaired) electrons. The van der Waals surface area contributed by atoms with Gasteiger partial charge in [0.2, 0.25) is 0 Å². The fourth-order valence-electron chi connectivity index (χ4n) is 2.50. The van der Waals surface area contributed by atoms with E-state index in [2.05, 4.69) is 52.8 Å². The predicted molar refractivity (Wildman–Crippen MR) is 71.9 cm³/mol. The molecule has 0 atom stereocenters. The Morgan fingerprint density at radius 2 is 2.00 bits per heavy atom. The molecule has 0 fully saturated rings. The number of benzene rings is 2. The standard InChI is InChI=1S/C15H10N2/c1-2-4-12-11(3-1)9-13-14-10(5-7-16-13)6-8-17-15(12)14/h1-9,16H. The van der Waals surface area contributed by atoms with Gasteiger partial charge in [-0.05, 0) is 29.2 Å². The highest BCUT2D eigenvalue weighted by Gasteiger charge is 2.11. The largest absolute Gasteiger partial charge is 0.361 e. The molecule has 1 aliphatic heterocycles. The average Bonchev–Trinajstić information content (AvgIpc) is 2.39. The van der Waals surface area contributed by atoms with Crippen molar-refractivity contribution in [1.82, 2.24) is 4.98 Å². The molecule has 0 aliphatic carbocycles. The Hall–Kier alpha value is -2.35.